The highest BCUT2D eigenvalue weighted by atomic mass is 16.5. The lowest BCUT2D eigenvalue weighted by Gasteiger charge is -2.14. The average Bonchev–Trinajstić information content (AvgIpc) is 2.82. The van der Waals surface area contributed by atoms with Crippen molar-refractivity contribution in [3.05, 3.63) is 46.8 Å². The third-order valence-electron chi connectivity index (χ3n) is 5.36. The number of fused-ring (bicyclic) bond motifs is 2. The predicted molar refractivity (Wildman–Crippen MR) is 95.4 cm³/mol. The maximum atomic E-state index is 12.7. The largest absolute Gasteiger partial charge is 0.493 e. The number of hydrogen-bond acceptors (Lipinski definition) is 3. The fourth-order valence-corrected chi connectivity index (χ4v) is 3.90. The van der Waals surface area contributed by atoms with Gasteiger partial charge in [-0.05, 0) is 55.7 Å². The van der Waals surface area contributed by atoms with Crippen LogP contribution < -0.4 is 10.1 Å². The van der Waals surface area contributed by atoms with Gasteiger partial charge in [-0.15, -0.1) is 0 Å². The number of ether oxygens (including phenoxy) is 1. The Labute approximate surface area is 148 Å². The molecule has 0 saturated heterocycles. The van der Waals surface area contributed by atoms with Gasteiger partial charge >= 0.3 is 0 Å². The zero-order valence-electron chi connectivity index (χ0n) is 14.5. The quantitative estimate of drug-likeness (QED) is 0.845. The van der Waals surface area contributed by atoms with Gasteiger partial charge in [-0.25, -0.2) is 0 Å². The molecule has 1 aromatic carbocycles. The molecule has 2 aliphatic rings. The number of amides is 1. The highest BCUT2D eigenvalue weighted by Gasteiger charge is 2.24. The van der Waals surface area contributed by atoms with Gasteiger partial charge in [-0.1, -0.05) is 24.6 Å². The van der Waals surface area contributed by atoms with Gasteiger partial charge in [0, 0.05) is 11.6 Å². The second kappa shape index (κ2) is 7.30. The molecular formula is C20H25N3O2. The molecule has 0 spiro atoms. The molecule has 5 nitrogen and oxygen atoms in total. The molecule has 2 heterocycles. The molecule has 1 aliphatic heterocycles. The van der Waals surface area contributed by atoms with Crippen LogP contribution in [0.15, 0.2) is 24.3 Å². The standard InChI is InChI=1S/C20H25N3O2/c24-20(15-10-11-25-19-9-5-4-6-14(19)12-15)21-13-18-16-7-2-1-3-8-17(16)22-23-18/h4-6,9,15H,1-3,7-8,10-13H2,(H,21,24)(H,22,23)/t15-/m0/s1. The summed E-state index contributed by atoms with van der Waals surface area (Å²) in [5.41, 5.74) is 4.72. The van der Waals surface area contributed by atoms with Crippen LogP contribution in [0.3, 0.4) is 0 Å². The summed E-state index contributed by atoms with van der Waals surface area (Å²) in [6.45, 7) is 1.11. The van der Waals surface area contributed by atoms with Crippen LogP contribution in [0.25, 0.3) is 0 Å². The third kappa shape index (κ3) is 3.55. The molecule has 132 valence electrons. The number of carbonyl (C=O) groups excluding carboxylic acids is 1. The normalized spacial score (nSPS) is 19.8. The first-order valence-corrected chi connectivity index (χ1v) is 9.34. The van der Waals surface area contributed by atoms with Crippen molar-refractivity contribution in [1.82, 2.24) is 15.5 Å². The van der Waals surface area contributed by atoms with Crippen molar-refractivity contribution in [2.24, 2.45) is 5.92 Å². The first-order chi connectivity index (χ1) is 12.3. The molecule has 0 fully saturated rings. The number of rotatable bonds is 3. The number of para-hydroxylation sites is 1. The van der Waals surface area contributed by atoms with E-state index in [1.807, 2.05) is 18.2 Å². The number of carbonyl (C=O) groups is 1. The van der Waals surface area contributed by atoms with Crippen LogP contribution in [-0.2, 0) is 30.6 Å². The fourth-order valence-electron chi connectivity index (χ4n) is 3.90. The van der Waals surface area contributed by atoms with Crippen molar-refractivity contribution in [2.45, 2.75) is 51.5 Å². The topological polar surface area (TPSA) is 67.0 Å². The summed E-state index contributed by atoms with van der Waals surface area (Å²) in [6, 6.07) is 8.01. The summed E-state index contributed by atoms with van der Waals surface area (Å²) in [4.78, 5) is 12.7. The summed E-state index contributed by atoms with van der Waals surface area (Å²) in [6.07, 6.45) is 7.34. The number of aryl methyl sites for hydroxylation is 1. The maximum absolute atomic E-state index is 12.7. The highest BCUT2D eigenvalue weighted by Crippen LogP contribution is 2.27. The van der Waals surface area contributed by atoms with E-state index in [1.165, 1.54) is 30.5 Å². The molecule has 1 aromatic heterocycles. The first-order valence-electron chi connectivity index (χ1n) is 9.34. The Balaban J connectivity index is 1.40. The second-order valence-electron chi connectivity index (χ2n) is 7.05. The Morgan fingerprint density at radius 1 is 1.24 bits per heavy atom. The van der Waals surface area contributed by atoms with E-state index in [0.29, 0.717) is 13.2 Å². The van der Waals surface area contributed by atoms with Gasteiger partial charge in [-0.2, -0.15) is 5.10 Å². The van der Waals surface area contributed by atoms with Crippen LogP contribution in [-0.4, -0.2) is 22.7 Å². The number of aromatic amines is 1. The van der Waals surface area contributed by atoms with E-state index in [1.54, 1.807) is 0 Å². The monoisotopic (exact) mass is 339 g/mol. The van der Waals surface area contributed by atoms with Crippen molar-refractivity contribution in [1.29, 1.82) is 0 Å². The SMILES string of the molecule is O=C(NCc1n[nH]c2c1CCCCC2)[C@H]1CCOc2ccccc2C1. The molecule has 0 saturated carbocycles. The van der Waals surface area contributed by atoms with Crippen LogP contribution in [0.1, 0.15) is 48.2 Å². The van der Waals surface area contributed by atoms with E-state index in [4.69, 9.17) is 4.74 Å². The molecule has 2 aromatic rings. The lowest BCUT2D eigenvalue weighted by atomic mass is 9.96. The molecule has 1 atom stereocenters. The van der Waals surface area contributed by atoms with Crippen LogP contribution in [0.2, 0.25) is 0 Å². The Kier molecular flexibility index (Phi) is 4.72. The van der Waals surface area contributed by atoms with E-state index >= 15 is 0 Å². The highest BCUT2D eigenvalue weighted by molar-refractivity contribution is 5.79. The van der Waals surface area contributed by atoms with E-state index < -0.39 is 0 Å². The second-order valence-corrected chi connectivity index (χ2v) is 7.05. The smallest absolute Gasteiger partial charge is 0.223 e. The van der Waals surface area contributed by atoms with E-state index in [0.717, 1.165) is 42.7 Å². The summed E-state index contributed by atoms with van der Waals surface area (Å²) in [7, 11) is 0. The van der Waals surface area contributed by atoms with Gasteiger partial charge < -0.3 is 10.1 Å². The molecule has 1 aliphatic carbocycles. The molecule has 25 heavy (non-hydrogen) atoms. The number of aromatic nitrogens is 2. The van der Waals surface area contributed by atoms with Gasteiger partial charge in [-0.3, -0.25) is 9.89 Å². The van der Waals surface area contributed by atoms with Crippen LogP contribution >= 0.6 is 0 Å². The van der Waals surface area contributed by atoms with Crippen molar-refractivity contribution in [3.8, 4) is 5.75 Å². The Hall–Kier alpha value is -2.30. The summed E-state index contributed by atoms with van der Waals surface area (Å²) in [5.74, 6) is 0.974. The molecule has 0 unspecified atom stereocenters. The minimum atomic E-state index is -0.0406. The molecule has 5 heteroatoms. The predicted octanol–water partition coefficient (Wildman–Crippen LogP) is 2.94. The average molecular weight is 339 g/mol. The molecule has 1 amide bonds. The van der Waals surface area contributed by atoms with E-state index in [-0.39, 0.29) is 11.8 Å². The lowest BCUT2D eigenvalue weighted by Crippen LogP contribution is -2.32. The summed E-state index contributed by atoms with van der Waals surface area (Å²) < 4.78 is 5.77. The number of hydrogen-bond donors (Lipinski definition) is 2. The molecule has 0 bridgehead atoms. The maximum Gasteiger partial charge on any atom is 0.223 e. The zero-order chi connectivity index (χ0) is 17.1. The Morgan fingerprint density at radius 3 is 3.08 bits per heavy atom. The van der Waals surface area contributed by atoms with Crippen LogP contribution in [0.4, 0.5) is 0 Å². The summed E-state index contributed by atoms with van der Waals surface area (Å²) in [5, 5.41) is 10.7. The van der Waals surface area contributed by atoms with Gasteiger partial charge in [0.05, 0.1) is 18.8 Å². The number of nitrogens with zero attached hydrogens (tertiary/aromatic N) is 1. The summed E-state index contributed by atoms with van der Waals surface area (Å²) >= 11 is 0. The molecule has 0 radical (unpaired) electrons. The van der Waals surface area contributed by atoms with E-state index in [2.05, 4.69) is 21.6 Å². The van der Waals surface area contributed by atoms with Crippen molar-refractivity contribution in [2.75, 3.05) is 6.61 Å². The zero-order valence-corrected chi connectivity index (χ0v) is 14.5. The molecule has 2 N–H and O–H groups in total. The number of nitrogens with one attached hydrogen (secondary N) is 2. The minimum Gasteiger partial charge on any atom is -0.493 e. The third-order valence-corrected chi connectivity index (χ3v) is 5.36. The number of H-pyrrole nitrogens is 1. The molecular weight excluding hydrogens is 314 g/mol. The fraction of sp³-hybridized carbons (Fsp3) is 0.500. The van der Waals surface area contributed by atoms with Crippen molar-refractivity contribution in [3.63, 3.8) is 0 Å². The lowest BCUT2D eigenvalue weighted by molar-refractivity contribution is -0.125. The van der Waals surface area contributed by atoms with Gasteiger partial charge in [0.1, 0.15) is 5.75 Å². The Bertz CT molecular complexity index is 753. The van der Waals surface area contributed by atoms with Crippen molar-refractivity contribution >= 4 is 5.91 Å². The van der Waals surface area contributed by atoms with Gasteiger partial charge in [0.2, 0.25) is 5.91 Å². The van der Waals surface area contributed by atoms with Crippen LogP contribution in [0.5, 0.6) is 5.75 Å². The van der Waals surface area contributed by atoms with Crippen LogP contribution in [0, 0.1) is 5.92 Å². The molecule has 4 rings (SSSR count). The van der Waals surface area contributed by atoms with E-state index in [9.17, 15) is 4.79 Å². The minimum absolute atomic E-state index is 0.0406. The Morgan fingerprint density at radius 2 is 2.12 bits per heavy atom. The first kappa shape index (κ1) is 16.2. The van der Waals surface area contributed by atoms with Crippen molar-refractivity contribution < 1.29 is 9.53 Å². The van der Waals surface area contributed by atoms with Gasteiger partial charge in [0.15, 0.2) is 0 Å². The number of benzene rings is 1. The van der Waals surface area contributed by atoms with Gasteiger partial charge in [0.25, 0.3) is 0 Å².